The van der Waals surface area contributed by atoms with Crippen molar-refractivity contribution in [2.24, 2.45) is 5.16 Å². The average molecular weight is 435 g/mol. The second-order valence-electron chi connectivity index (χ2n) is 5.61. The van der Waals surface area contributed by atoms with Crippen LogP contribution in [-0.4, -0.2) is 22.4 Å². The zero-order valence-corrected chi connectivity index (χ0v) is 16.3. The molecular formula is C18H12Cl2N4O5. The van der Waals surface area contributed by atoms with Crippen molar-refractivity contribution in [2.75, 3.05) is 5.32 Å². The quantitative estimate of drug-likeness (QED) is 0.246. The molecule has 0 atom stereocenters. The molecule has 0 aliphatic carbocycles. The maximum absolute atomic E-state index is 12.1. The lowest BCUT2D eigenvalue weighted by Gasteiger charge is -2.07. The largest absolute Gasteiger partial charge is 0.438 e. The van der Waals surface area contributed by atoms with Crippen LogP contribution in [0.5, 0.6) is 0 Å². The van der Waals surface area contributed by atoms with Gasteiger partial charge in [-0.25, -0.2) is 4.79 Å². The Hall–Kier alpha value is -3.43. The van der Waals surface area contributed by atoms with Crippen LogP contribution in [0.4, 0.5) is 16.2 Å². The SMILES string of the molecule is Cc1onc(-c2c(Cl)cccc2Cl)c1NC(=O)ON=Cc1ccccc1[N+](=O)[O-]. The summed E-state index contributed by atoms with van der Waals surface area (Å²) < 4.78 is 5.13. The van der Waals surface area contributed by atoms with Crippen LogP contribution in [0.25, 0.3) is 11.3 Å². The maximum Gasteiger partial charge on any atom is 0.438 e. The van der Waals surface area contributed by atoms with E-state index in [0.717, 1.165) is 6.21 Å². The van der Waals surface area contributed by atoms with Gasteiger partial charge in [-0.3, -0.25) is 20.3 Å². The molecule has 3 rings (SSSR count). The first-order valence-corrected chi connectivity index (χ1v) is 8.79. The number of hydrogen-bond donors (Lipinski definition) is 1. The van der Waals surface area contributed by atoms with Crippen molar-refractivity contribution in [3.63, 3.8) is 0 Å². The molecular weight excluding hydrogens is 423 g/mol. The van der Waals surface area contributed by atoms with Crippen molar-refractivity contribution in [1.82, 2.24) is 5.16 Å². The van der Waals surface area contributed by atoms with Crippen molar-refractivity contribution in [1.29, 1.82) is 0 Å². The number of oxime groups is 1. The van der Waals surface area contributed by atoms with Gasteiger partial charge in [0.2, 0.25) is 0 Å². The maximum atomic E-state index is 12.1. The highest BCUT2D eigenvalue weighted by Gasteiger charge is 2.22. The molecule has 0 fully saturated rings. The van der Waals surface area contributed by atoms with E-state index in [0.29, 0.717) is 15.6 Å². The number of aromatic nitrogens is 1. The van der Waals surface area contributed by atoms with E-state index in [1.54, 1.807) is 31.2 Å². The Bertz CT molecular complexity index is 1090. The van der Waals surface area contributed by atoms with E-state index >= 15 is 0 Å². The topological polar surface area (TPSA) is 120 Å². The van der Waals surface area contributed by atoms with Crippen LogP contribution < -0.4 is 5.32 Å². The Balaban J connectivity index is 1.78. The molecule has 0 aliphatic heterocycles. The van der Waals surface area contributed by atoms with Crippen molar-refractivity contribution < 1.29 is 19.1 Å². The fourth-order valence-corrected chi connectivity index (χ4v) is 3.01. The summed E-state index contributed by atoms with van der Waals surface area (Å²) in [6, 6.07) is 10.8. The Kier molecular flexibility index (Phi) is 6.10. The lowest BCUT2D eigenvalue weighted by atomic mass is 10.1. The van der Waals surface area contributed by atoms with Gasteiger partial charge in [0.25, 0.3) is 5.69 Å². The number of rotatable bonds is 5. The standard InChI is InChI=1S/C18H12Cl2N4O5/c1-10-16(17(23-28-10)15-12(19)6-4-7-13(15)20)22-18(25)29-21-9-11-5-2-3-8-14(11)24(26)27/h2-9H,1H3,(H,22,25). The molecule has 0 bridgehead atoms. The molecule has 1 aromatic heterocycles. The molecule has 0 spiro atoms. The van der Waals surface area contributed by atoms with Crippen LogP contribution in [0, 0.1) is 17.0 Å². The number of halogens is 2. The van der Waals surface area contributed by atoms with Gasteiger partial charge >= 0.3 is 6.09 Å². The number of hydrogen-bond acceptors (Lipinski definition) is 7. The molecule has 148 valence electrons. The van der Waals surface area contributed by atoms with Crippen molar-refractivity contribution in [2.45, 2.75) is 6.92 Å². The van der Waals surface area contributed by atoms with Gasteiger partial charge in [0, 0.05) is 11.6 Å². The number of nitro benzene ring substituents is 1. The summed E-state index contributed by atoms with van der Waals surface area (Å²) in [5, 5.41) is 21.4. The highest BCUT2D eigenvalue weighted by molar-refractivity contribution is 6.39. The average Bonchev–Trinajstić information content (AvgIpc) is 3.02. The van der Waals surface area contributed by atoms with Crippen molar-refractivity contribution in [3.05, 3.63) is 73.9 Å². The summed E-state index contributed by atoms with van der Waals surface area (Å²) in [5.74, 6) is 0.288. The monoisotopic (exact) mass is 434 g/mol. The van der Waals surface area contributed by atoms with Gasteiger partial charge in [0.1, 0.15) is 11.4 Å². The minimum atomic E-state index is -0.962. The normalized spacial score (nSPS) is 10.9. The number of nitrogens with one attached hydrogen (secondary N) is 1. The third kappa shape index (κ3) is 4.53. The lowest BCUT2D eigenvalue weighted by Crippen LogP contribution is -2.12. The molecule has 1 heterocycles. The van der Waals surface area contributed by atoms with E-state index < -0.39 is 11.0 Å². The van der Waals surface area contributed by atoms with Crippen LogP contribution in [0.3, 0.4) is 0 Å². The summed E-state index contributed by atoms with van der Waals surface area (Å²) in [7, 11) is 0. The molecule has 11 heteroatoms. The van der Waals surface area contributed by atoms with E-state index in [2.05, 4.69) is 15.6 Å². The zero-order valence-electron chi connectivity index (χ0n) is 14.8. The third-order valence-electron chi connectivity index (χ3n) is 3.75. The molecule has 0 radical (unpaired) electrons. The summed E-state index contributed by atoms with van der Waals surface area (Å²) in [6.07, 6.45) is 0.0971. The van der Waals surface area contributed by atoms with Crippen LogP contribution in [0.1, 0.15) is 11.3 Å². The van der Waals surface area contributed by atoms with Crippen LogP contribution in [0.2, 0.25) is 10.0 Å². The summed E-state index contributed by atoms with van der Waals surface area (Å²) in [6.45, 7) is 1.58. The first kappa shape index (κ1) is 20.3. The Morgan fingerprint density at radius 2 is 1.93 bits per heavy atom. The van der Waals surface area contributed by atoms with E-state index in [1.807, 2.05) is 0 Å². The fraction of sp³-hybridized carbons (Fsp3) is 0.0556. The number of carbonyl (C=O) groups is 1. The number of amides is 1. The molecule has 3 aromatic rings. The van der Waals surface area contributed by atoms with Crippen LogP contribution in [0.15, 0.2) is 52.1 Å². The predicted molar refractivity (Wildman–Crippen MR) is 107 cm³/mol. The zero-order chi connectivity index (χ0) is 21.0. The second kappa shape index (κ2) is 8.72. The minimum absolute atomic E-state index is 0.175. The molecule has 1 amide bonds. The van der Waals surface area contributed by atoms with Gasteiger partial charge in [-0.2, -0.15) is 0 Å². The first-order chi connectivity index (χ1) is 13.9. The van der Waals surface area contributed by atoms with Gasteiger partial charge in [-0.05, 0) is 25.1 Å². The summed E-state index contributed by atoms with van der Waals surface area (Å²) in [4.78, 5) is 27.2. The predicted octanol–water partition coefficient (Wildman–Crippen LogP) is 5.45. The summed E-state index contributed by atoms with van der Waals surface area (Å²) >= 11 is 12.4. The lowest BCUT2D eigenvalue weighted by molar-refractivity contribution is -0.385. The van der Waals surface area contributed by atoms with Crippen molar-refractivity contribution >= 4 is 46.9 Å². The Labute approximate surface area is 174 Å². The summed E-state index contributed by atoms with van der Waals surface area (Å²) in [5.41, 5.74) is 0.802. The van der Waals surface area contributed by atoms with E-state index in [9.17, 15) is 14.9 Å². The molecule has 9 nitrogen and oxygen atoms in total. The van der Waals surface area contributed by atoms with E-state index in [1.165, 1.54) is 18.2 Å². The molecule has 2 aromatic carbocycles. The van der Waals surface area contributed by atoms with Gasteiger partial charge in [0.05, 0.1) is 26.7 Å². The molecule has 0 unspecified atom stereocenters. The Morgan fingerprint density at radius 1 is 1.24 bits per heavy atom. The van der Waals surface area contributed by atoms with E-state index in [4.69, 9.17) is 32.6 Å². The van der Waals surface area contributed by atoms with Gasteiger partial charge < -0.3 is 4.52 Å². The highest BCUT2D eigenvalue weighted by atomic mass is 35.5. The number of para-hydroxylation sites is 1. The number of anilines is 1. The van der Waals surface area contributed by atoms with Crippen LogP contribution >= 0.6 is 23.2 Å². The first-order valence-electron chi connectivity index (χ1n) is 8.04. The smallest absolute Gasteiger partial charge is 0.359 e. The molecule has 0 aliphatic rings. The van der Waals surface area contributed by atoms with E-state index in [-0.39, 0.29) is 28.4 Å². The second-order valence-corrected chi connectivity index (χ2v) is 6.43. The minimum Gasteiger partial charge on any atom is -0.359 e. The third-order valence-corrected chi connectivity index (χ3v) is 4.38. The molecule has 29 heavy (non-hydrogen) atoms. The number of nitrogens with zero attached hydrogens (tertiary/aromatic N) is 3. The van der Waals surface area contributed by atoms with Gasteiger partial charge in [0.15, 0.2) is 5.76 Å². The number of aryl methyl sites for hydroxylation is 1. The van der Waals surface area contributed by atoms with Gasteiger partial charge in [-0.1, -0.05) is 51.7 Å². The molecule has 0 saturated carbocycles. The van der Waals surface area contributed by atoms with Gasteiger partial charge in [-0.15, -0.1) is 0 Å². The highest BCUT2D eigenvalue weighted by Crippen LogP contribution is 2.39. The fourth-order valence-electron chi connectivity index (χ4n) is 2.43. The number of benzene rings is 2. The Morgan fingerprint density at radius 3 is 2.62 bits per heavy atom. The number of nitro groups is 1. The molecule has 0 saturated heterocycles. The van der Waals surface area contributed by atoms with Crippen LogP contribution in [-0.2, 0) is 4.84 Å². The van der Waals surface area contributed by atoms with Crippen molar-refractivity contribution in [3.8, 4) is 11.3 Å². The number of carbonyl (C=O) groups excluding carboxylic acids is 1. The molecule has 1 N–H and O–H groups in total.